The summed E-state index contributed by atoms with van der Waals surface area (Å²) in [5, 5.41) is 5.17. The van der Waals surface area contributed by atoms with E-state index in [1.54, 1.807) is 29.2 Å². The van der Waals surface area contributed by atoms with Gasteiger partial charge in [0, 0.05) is 17.5 Å². The van der Waals surface area contributed by atoms with Crippen LogP contribution in [0.3, 0.4) is 0 Å². The number of benzene rings is 2. The first-order chi connectivity index (χ1) is 17.5. The summed E-state index contributed by atoms with van der Waals surface area (Å²) in [6.07, 6.45) is 5.48. The van der Waals surface area contributed by atoms with Gasteiger partial charge in [-0.05, 0) is 47.5 Å². The number of esters is 1. The number of carbonyl (C=O) groups excluding carboxylic acids is 3. The molecule has 0 aliphatic heterocycles. The molecule has 0 saturated heterocycles. The van der Waals surface area contributed by atoms with Gasteiger partial charge in [0.05, 0.1) is 19.1 Å². The molecular weight excluding hydrogens is 472 g/mol. The van der Waals surface area contributed by atoms with Gasteiger partial charge in [0.15, 0.2) is 0 Å². The van der Waals surface area contributed by atoms with Gasteiger partial charge >= 0.3 is 5.97 Å². The van der Waals surface area contributed by atoms with E-state index in [4.69, 9.17) is 4.74 Å². The second-order valence-corrected chi connectivity index (χ2v) is 10.2. The number of methoxy groups -OCH3 is 1. The zero-order valence-electron chi connectivity index (χ0n) is 20.5. The first kappa shape index (κ1) is 25.6. The molecule has 4 rings (SSSR count). The summed E-state index contributed by atoms with van der Waals surface area (Å²) < 4.78 is 4.83. The summed E-state index contributed by atoms with van der Waals surface area (Å²) in [4.78, 5) is 42.2. The molecule has 1 aromatic heterocycles. The smallest absolute Gasteiger partial charge is 0.337 e. The molecule has 6 nitrogen and oxygen atoms in total. The van der Waals surface area contributed by atoms with Crippen LogP contribution < -0.4 is 5.32 Å². The molecule has 7 heteroatoms. The first-order valence-electron chi connectivity index (χ1n) is 12.4. The molecule has 0 unspecified atom stereocenters. The number of nitrogens with one attached hydrogen (secondary N) is 1. The number of ether oxygens (including phenoxy) is 1. The van der Waals surface area contributed by atoms with E-state index in [2.05, 4.69) is 5.32 Å². The van der Waals surface area contributed by atoms with Gasteiger partial charge in [-0.25, -0.2) is 4.79 Å². The van der Waals surface area contributed by atoms with Crippen molar-refractivity contribution in [1.82, 2.24) is 10.2 Å². The monoisotopic (exact) mass is 504 g/mol. The minimum atomic E-state index is -0.828. The molecule has 0 bridgehead atoms. The van der Waals surface area contributed by atoms with Crippen molar-refractivity contribution in [2.75, 3.05) is 7.11 Å². The van der Waals surface area contributed by atoms with Crippen molar-refractivity contribution in [1.29, 1.82) is 0 Å². The number of hydrogen-bond acceptors (Lipinski definition) is 5. The van der Waals surface area contributed by atoms with E-state index in [0.717, 1.165) is 36.1 Å². The molecule has 3 aromatic rings. The maximum absolute atomic E-state index is 13.8. The van der Waals surface area contributed by atoms with Gasteiger partial charge in [-0.2, -0.15) is 0 Å². The summed E-state index contributed by atoms with van der Waals surface area (Å²) in [5.41, 5.74) is 2.00. The summed E-state index contributed by atoms with van der Waals surface area (Å²) in [5.74, 6) is -0.759. The second kappa shape index (κ2) is 12.5. The van der Waals surface area contributed by atoms with Gasteiger partial charge in [-0.3, -0.25) is 9.59 Å². The number of carbonyl (C=O) groups is 3. The highest BCUT2D eigenvalue weighted by Gasteiger charge is 2.33. The molecule has 1 fully saturated rings. The Morgan fingerprint density at radius 3 is 2.33 bits per heavy atom. The lowest BCUT2D eigenvalue weighted by Gasteiger charge is -2.33. The van der Waals surface area contributed by atoms with Gasteiger partial charge < -0.3 is 15.0 Å². The normalized spacial score (nSPS) is 14.6. The maximum atomic E-state index is 13.8. The number of rotatable bonds is 9. The fourth-order valence-electron chi connectivity index (χ4n) is 4.69. The van der Waals surface area contributed by atoms with Crippen molar-refractivity contribution in [2.24, 2.45) is 0 Å². The summed E-state index contributed by atoms with van der Waals surface area (Å²) >= 11 is 1.53. The van der Waals surface area contributed by atoms with E-state index in [1.165, 1.54) is 24.9 Å². The van der Waals surface area contributed by atoms with Crippen LogP contribution in [0.4, 0.5) is 0 Å². The van der Waals surface area contributed by atoms with Gasteiger partial charge in [0.25, 0.3) is 0 Å². The molecule has 0 radical (unpaired) electrons. The number of nitrogens with zero attached hydrogens (tertiary/aromatic N) is 1. The standard InChI is InChI=1S/C29H32N2O4S/c1-35-29(34)23-16-14-22(15-17-23)27(28(33)30-24-11-6-3-7-12-24)31(20-21-9-4-2-5-10-21)26(32)19-25-13-8-18-36-25/h2,4-5,8-10,13-18,24,27H,3,6-7,11-12,19-20H2,1H3,(H,30,33)/t27-/m1/s1. The summed E-state index contributed by atoms with van der Waals surface area (Å²) in [7, 11) is 1.33. The number of thiophene rings is 1. The zero-order chi connectivity index (χ0) is 25.3. The Kier molecular flexibility index (Phi) is 8.90. The molecule has 0 spiro atoms. The lowest BCUT2D eigenvalue weighted by atomic mass is 9.94. The van der Waals surface area contributed by atoms with Crippen LogP contribution in [0.15, 0.2) is 72.1 Å². The molecule has 188 valence electrons. The summed E-state index contributed by atoms with van der Waals surface area (Å²) in [6, 6.07) is 19.6. The third-order valence-electron chi connectivity index (χ3n) is 6.58. The molecule has 1 aliphatic carbocycles. The molecule has 1 saturated carbocycles. The van der Waals surface area contributed by atoms with Crippen molar-refractivity contribution in [3.05, 3.63) is 93.7 Å². The zero-order valence-corrected chi connectivity index (χ0v) is 21.3. The Bertz CT molecular complexity index is 1140. The van der Waals surface area contributed by atoms with Crippen LogP contribution in [-0.2, 0) is 27.3 Å². The van der Waals surface area contributed by atoms with E-state index in [1.807, 2.05) is 47.8 Å². The fourth-order valence-corrected chi connectivity index (χ4v) is 5.38. The first-order valence-corrected chi connectivity index (χ1v) is 13.3. The van der Waals surface area contributed by atoms with Crippen LogP contribution in [0.1, 0.15) is 64.5 Å². The van der Waals surface area contributed by atoms with E-state index in [9.17, 15) is 14.4 Å². The minimum absolute atomic E-state index is 0.106. The molecule has 2 aromatic carbocycles. The predicted octanol–water partition coefficient (Wildman–Crippen LogP) is 5.30. The van der Waals surface area contributed by atoms with Crippen molar-refractivity contribution in [3.63, 3.8) is 0 Å². The van der Waals surface area contributed by atoms with Gasteiger partial charge in [0.1, 0.15) is 6.04 Å². The third kappa shape index (κ3) is 6.61. The lowest BCUT2D eigenvalue weighted by Crippen LogP contribution is -2.47. The van der Waals surface area contributed by atoms with Crippen molar-refractivity contribution >= 4 is 29.1 Å². The molecule has 2 amide bonds. The van der Waals surface area contributed by atoms with Crippen LogP contribution >= 0.6 is 11.3 Å². The number of hydrogen-bond donors (Lipinski definition) is 1. The number of amides is 2. The highest BCUT2D eigenvalue weighted by Crippen LogP contribution is 2.27. The quantitative estimate of drug-likeness (QED) is 0.402. The largest absolute Gasteiger partial charge is 0.465 e. The Labute approximate surface area is 216 Å². The van der Waals surface area contributed by atoms with E-state index in [-0.39, 0.29) is 24.3 Å². The van der Waals surface area contributed by atoms with Gasteiger partial charge in [-0.15, -0.1) is 11.3 Å². The average molecular weight is 505 g/mol. The van der Waals surface area contributed by atoms with Crippen LogP contribution in [0, 0.1) is 0 Å². The summed E-state index contributed by atoms with van der Waals surface area (Å²) in [6.45, 7) is 0.298. The molecule has 1 N–H and O–H groups in total. The van der Waals surface area contributed by atoms with Gasteiger partial charge in [-0.1, -0.05) is 67.8 Å². The van der Waals surface area contributed by atoms with Crippen LogP contribution in [0.2, 0.25) is 0 Å². The molecule has 1 aliphatic rings. The van der Waals surface area contributed by atoms with E-state index >= 15 is 0 Å². The molecule has 1 atom stereocenters. The molecule has 36 heavy (non-hydrogen) atoms. The molecule has 1 heterocycles. The maximum Gasteiger partial charge on any atom is 0.337 e. The lowest BCUT2D eigenvalue weighted by molar-refractivity contribution is -0.141. The fraction of sp³-hybridized carbons (Fsp3) is 0.345. The van der Waals surface area contributed by atoms with Crippen molar-refractivity contribution in [3.8, 4) is 0 Å². The molecular formula is C29H32N2O4S. The van der Waals surface area contributed by atoms with Crippen LogP contribution in [-0.4, -0.2) is 35.8 Å². The SMILES string of the molecule is COC(=O)c1ccc([C@H](C(=O)NC2CCCCC2)N(Cc2ccccc2)C(=O)Cc2cccs2)cc1. The highest BCUT2D eigenvalue weighted by atomic mass is 32.1. The van der Waals surface area contributed by atoms with Crippen LogP contribution in [0.5, 0.6) is 0 Å². The van der Waals surface area contributed by atoms with Crippen molar-refractivity contribution < 1.29 is 19.1 Å². The van der Waals surface area contributed by atoms with Crippen molar-refractivity contribution in [2.45, 2.75) is 57.2 Å². The Balaban J connectivity index is 1.69. The van der Waals surface area contributed by atoms with Gasteiger partial charge in [0.2, 0.25) is 11.8 Å². The predicted molar refractivity (Wildman–Crippen MR) is 141 cm³/mol. The minimum Gasteiger partial charge on any atom is -0.465 e. The van der Waals surface area contributed by atoms with E-state index in [0.29, 0.717) is 17.7 Å². The Morgan fingerprint density at radius 1 is 0.972 bits per heavy atom. The highest BCUT2D eigenvalue weighted by molar-refractivity contribution is 7.10. The second-order valence-electron chi connectivity index (χ2n) is 9.12. The topological polar surface area (TPSA) is 75.7 Å². The van der Waals surface area contributed by atoms with Crippen LogP contribution in [0.25, 0.3) is 0 Å². The Morgan fingerprint density at radius 2 is 1.69 bits per heavy atom. The van der Waals surface area contributed by atoms with E-state index < -0.39 is 12.0 Å². The Hall–Kier alpha value is -3.45. The third-order valence-corrected chi connectivity index (χ3v) is 7.46. The average Bonchev–Trinajstić information content (AvgIpc) is 3.42.